The molecular weight excluding hydrogens is 436 g/mol. The van der Waals surface area contributed by atoms with Crippen molar-refractivity contribution in [1.82, 2.24) is 4.72 Å². The molecule has 1 heterocycles. The van der Waals surface area contributed by atoms with E-state index in [0.29, 0.717) is 22.0 Å². The largest absolute Gasteiger partial charge is 0.462 e. The Hall–Kier alpha value is -2.23. The third kappa shape index (κ3) is 5.53. The van der Waals surface area contributed by atoms with E-state index in [2.05, 4.69) is 10.0 Å². The monoisotopic (exact) mass is 464 g/mol. The number of hydrogen-bond acceptors (Lipinski definition) is 6. The SMILES string of the molecule is CCOC(=O)c1c(C2CC2)csc1NC(=O)c1cc(S(=O)(=O)NC(C)(C)C)ccc1C. The van der Waals surface area contributed by atoms with Crippen molar-refractivity contribution in [3.05, 3.63) is 45.8 Å². The van der Waals surface area contributed by atoms with Gasteiger partial charge < -0.3 is 10.1 Å². The minimum absolute atomic E-state index is 0.00800. The molecule has 1 aliphatic rings. The summed E-state index contributed by atoms with van der Waals surface area (Å²) in [5.41, 5.74) is 1.51. The molecule has 0 bridgehead atoms. The Kier molecular flexibility index (Phi) is 6.59. The van der Waals surface area contributed by atoms with Gasteiger partial charge in [0.1, 0.15) is 5.00 Å². The Balaban J connectivity index is 1.92. The smallest absolute Gasteiger partial charge is 0.341 e. The number of rotatable bonds is 7. The molecule has 0 unspecified atom stereocenters. The van der Waals surface area contributed by atoms with Crippen LogP contribution in [0.15, 0.2) is 28.5 Å². The summed E-state index contributed by atoms with van der Waals surface area (Å²) in [6.45, 7) is 8.96. The molecule has 0 spiro atoms. The van der Waals surface area contributed by atoms with Crippen LogP contribution in [0.25, 0.3) is 0 Å². The summed E-state index contributed by atoms with van der Waals surface area (Å²) < 4.78 is 33.2. The van der Waals surface area contributed by atoms with E-state index in [1.807, 2.05) is 5.38 Å². The van der Waals surface area contributed by atoms with E-state index >= 15 is 0 Å². The van der Waals surface area contributed by atoms with Crippen LogP contribution in [0.2, 0.25) is 0 Å². The van der Waals surface area contributed by atoms with E-state index in [1.54, 1.807) is 40.7 Å². The Labute approximate surface area is 187 Å². The molecule has 7 nitrogen and oxygen atoms in total. The first-order valence-electron chi connectivity index (χ1n) is 10.2. The third-order valence-corrected chi connectivity index (χ3v) is 7.42. The maximum Gasteiger partial charge on any atom is 0.341 e. The molecule has 0 radical (unpaired) electrons. The van der Waals surface area contributed by atoms with E-state index in [0.717, 1.165) is 18.4 Å². The van der Waals surface area contributed by atoms with Gasteiger partial charge in [0.05, 0.1) is 17.1 Å². The van der Waals surface area contributed by atoms with Gasteiger partial charge in [0, 0.05) is 11.1 Å². The molecule has 1 saturated carbocycles. The summed E-state index contributed by atoms with van der Waals surface area (Å²) in [5.74, 6) is -0.608. The van der Waals surface area contributed by atoms with Gasteiger partial charge in [-0.05, 0) is 82.0 Å². The third-order valence-electron chi connectivity index (χ3n) is 4.75. The van der Waals surface area contributed by atoms with Crippen molar-refractivity contribution >= 4 is 38.2 Å². The van der Waals surface area contributed by atoms with Crippen molar-refractivity contribution in [3.8, 4) is 0 Å². The van der Waals surface area contributed by atoms with Crippen LogP contribution in [-0.4, -0.2) is 32.4 Å². The second-order valence-electron chi connectivity index (χ2n) is 8.68. The van der Waals surface area contributed by atoms with Crippen LogP contribution in [0.4, 0.5) is 5.00 Å². The number of carbonyl (C=O) groups is 2. The number of sulfonamides is 1. The molecule has 1 aromatic heterocycles. The minimum atomic E-state index is -3.79. The van der Waals surface area contributed by atoms with Gasteiger partial charge in [-0.15, -0.1) is 11.3 Å². The summed E-state index contributed by atoms with van der Waals surface area (Å²) in [5, 5.41) is 5.11. The Bertz CT molecular complexity index is 1110. The van der Waals surface area contributed by atoms with Gasteiger partial charge in [-0.1, -0.05) is 6.07 Å². The first-order valence-corrected chi connectivity index (χ1v) is 12.5. The van der Waals surface area contributed by atoms with Crippen LogP contribution in [0, 0.1) is 6.92 Å². The lowest BCUT2D eigenvalue weighted by Gasteiger charge is -2.20. The fourth-order valence-corrected chi connectivity index (χ4v) is 5.69. The van der Waals surface area contributed by atoms with Gasteiger partial charge in [-0.25, -0.2) is 17.9 Å². The maximum absolute atomic E-state index is 13.1. The predicted molar refractivity (Wildman–Crippen MR) is 121 cm³/mol. The van der Waals surface area contributed by atoms with Crippen LogP contribution in [0.5, 0.6) is 0 Å². The zero-order valence-electron chi connectivity index (χ0n) is 18.4. The fraction of sp³-hybridized carbons (Fsp3) is 0.455. The number of carbonyl (C=O) groups excluding carboxylic acids is 2. The van der Waals surface area contributed by atoms with Crippen LogP contribution >= 0.6 is 11.3 Å². The van der Waals surface area contributed by atoms with Gasteiger partial charge in [0.15, 0.2) is 0 Å². The predicted octanol–water partition coefficient (Wildman–Crippen LogP) is 4.44. The van der Waals surface area contributed by atoms with Crippen molar-refractivity contribution in [2.75, 3.05) is 11.9 Å². The van der Waals surface area contributed by atoms with Gasteiger partial charge >= 0.3 is 5.97 Å². The number of ether oxygens (including phenoxy) is 1. The molecule has 31 heavy (non-hydrogen) atoms. The molecule has 2 aromatic rings. The number of esters is 1. The average Bonchev–Trinajstić information content (AvgIpc) is 3.40. The van der Waals surface area contributed by atoms with E-state index in [9.17, 15) is 18.0 Å². The fourth-order valence-electron chi connectivity index (χ4n) is 3.22. The molecule has 1 amide bonds. The second kappa shape index (κ2) is 8.72. The quantitative estimate of drug-likeness (QED) is 0.590. The number of aryl methyl sites for hydroxylation is 1. The van der Waals surface area contributed by atoms with E-state index < -0.39 is 27.4 Å². The summed E-state index contributed by atoms with van der Waals surface area (Å²) in [6, 6.07) is 4.43. The van der Waals surface area contributed by atoms with Gasteiger partial charge in [-0.3, -0.25) is 4.79 Å². The van der Waals surface area contributed by atoms with Crippen molar-refractivity contribution in [2.45, 2.75) is 63.8 Å². The van der Waals surface area contributed by atoms with E-state index in [-0.39, 0.29) is 17.1 Å². The highest BCUT2D eigenvalue weighted by molar-refractivity contribution is 7.89. The second-order valence-corrected chi connectivity index (χ2v) is 11.2. The molecule has 0 saturated heterocycles. The molecule has 168 valence electrons. The lowest BCUT2D eigenvalue weighted by Crippen LogP contribution is -2.40. The lowest BCUT2D eigenvalue weighted by atomic mass is 10.1. The number of benzene rings is 1. The molecule has 9 heteroatoms. The molecule has 0 aliphatic heterocycles. The maximum atomic E-state index is 13.1. The van der Waals surface area contributed by atoms with Gasteiger partial charge in [0.2, 0.25) is 10.0 Å². The van der Waals surface area contributed by atoms with Crippen LogP contribution < -0.4 is 10.0 Å². The van der Waals surface area contributed by atoms with E-state index in [4.69, 9.17) is 4.74 Å². The number of hydrogen-bond donors (Lipinski definition) is 2. The summed E-state index contributed by atoms with van der Waals surface area (Å²) in [6.07, 6.45) is 2.02. The first-order chi connectivity index (χ1) is 14.4. The van der Waals surface area contributed by atoms with Crippen LogP contribution in [0.1, 0.15) is 78.3 Å². The topological polar surface area (TPSA) is 102 Å². The van der Waals surface area contributed by atoms with Gasteiger partial charge in [-0.2, -0.15) is 0 Å². The standard InChI is InChI=1S/C22H28N2O5S2/c1-6-29-21(26)18-17(14-8-9-14)12-30-20(18)23-19(25)16-11-15(10-7-13(16)2)31(27,28)24-22(3,4)5/h7,10-12,14,24H,6,8-9H2,1-5H3,(H,23,25). The Morgan fingerprint density at radius 2 is 1.90 bits per heavy atom. The highest BCUT2D eigenvalue weighted by atomic mass is 32.2. The first kappa shape index (κ1) is 23.4. The normalized spacial score (nSPS) is 14.4. The number of thiophene rings is 1. The summed E-state index contributed by atoms with van der Waals surface area (Å²) in [7, 11) is -3.79. The highest BCUT2D eigenvalue weighted by Crippen LogP contribution is 2.46. The Morgan fingerprint density at radius 1 is 1.23 bits per heavy atom. The van der Waals surface area contributed by atoms with Crippen molar-refractivity contribution in [2.24, 2.45) is 0 Å². The highest BCUT2D eigenvalue weighted by Gasteiger charge is 2.32. The number of amides is 1. The van der Waals surface area contributed by atoms with E-state index in [1.165, 1.54) is 23.5 Å². The van der Waals surface area contributed by atoms with Crippen molar-refractivity contribution < 1.29 is 22.7 Å². The molecule has 2 N–H and O–H groups in total. The molecule has 1 fully saturated rings. The van der Waals surface area contributed by atoms with Crippen molar-refractivity contribution in [3.63, 3.8) is 0 Å². The average molecular weight is 465 g/mol. The zero-order chi connectivity index (χ0) is 23.0. The molecule has 1 aromatic carbocycles. The molecule has 0 atom stereocenters. The molecule has 3 rings (SSSR count). The lowest BCUT2D eigenvalue weighted by molar-refractivity contribution is 0.0527. The number of nitrogens with one attached hydrogen (secondary N) is 2. The summed E-state index contributed by atoms with van der Waals surface area (Å²) in [4.78, 5) is 25.6. The Morgan fingerprint density at radius 3 is 2.48 bits per heavy atom. The summed E-state index contributed by atoms with van der Waals surface area (Å²) >= 11 is 1.28. The molecule has 1 aliphatic carbocycles. The molecular formula is C22H28N2O5S2. The minimum Gasteiger partial charge on any atom is -0.462 e. The van der Waals surface area contributed by atoms with Crippen molar-refractivity contribution in [1.29, 1.82) is 0 Å². The van der Waals surface area contributed by atoms with Crippen LogP contribution in [0.3, 0.4) is 0 Å². The van der Waals surface area contributed by atoms with Crippen LogP contribution in [-0.2, 0) is 14.8 Å². The van der Waals surface area contributed by atoms with Gasteiger partial charge in [0.25, 0.3) is 5.91 Å². The zero-order valence-corrected chi connectivity index (χ0v) is 20.0. The number of anilines is 1.